The third kappa shape index (κ3) is 5.56. The Morgan fingerprint density at radius 1 is 1.18 bits per heavy atom. The van der Waals surface area contributed by atoms with E-state index in [1.54, 1.807) is 17.0 Å². The summed E-state index contributed by atoms with van der Waals surface area (Å²) in [5.41, 5.74) is -0.294. The maximum atomic E-state index is 13.6. The van der Waals surface area contributed by atoms with E-state index in [1.165, 1.54) is 25.3 Å². The molecule has 178 valence electrons. The number of ether oxygens (including phenoxy) is 1. The molecule has 1 fully saturated rings. The fourth-order valence-corrected chi connectivity index (χ4v) is 5.69. The zero-order chi connectivity index (χ0) is 24.3. The number of nitro groups is 1. The lowest BCUT2D eigenvalue weighted by atomic mass is 9.92. The minimum absolute atomic E-state index is 0.178. The van der Waals surface area contributed by atoms with E-state index in [0.29, 0.717) is 30.7 Å². The standard InChI is InChI=1S/C22H26ClN3O6S/c1-15-10-16(2)13-24(12-15)22(27)14-25(17-4-6-18(32-3)7-5-17)33(30,31)19-8-9-20(23)21(11-19)26(28)29/h4-9,11,15-16H,10,12-14H2,1-3H3/t15-,16-/m0/s1. The maximum Gasteiger partial charge on any atom is 0.289 e. The van der Waals surface area contributed by atoms with Gasteiger partial charge in [0.15, 0.2) is 0 Å². The molecule has 2 atom stereocenters. The molecule has 0 N–H and O–H groups in total. The van der Waals surface area contributed by atoms with Gasteiger partial charge in [-0.05, 0) is 54.7 Å². The van der Waals surface area contributed by atoms with Crippen molar-refractivity contribution in [2.75, 3.05) is 31.0 Å². The van der Waals surface area contributed by atoms with Crippen molar-refractivity contribution in [3.05, 3.63) is 57.6 Å². The molecule has 0 unspecified atom stereocenters. The van der Waals surface area contributed by atoms with Gasteiger partial charge in [-0.2, -0.15) is 0 Å². The Balaban J connectivity index is 2.02. The second-order valence-electron chi connectivity index (χ2n) is 8.32. The Morgan fingerprint density at radius 2 is 1.79 bits per heavy atom. The summed E-state index contributed by atoms with van der Waals surface area (Å²) >= 11 is 5.86. The molecule has 1 aliphatic heterocycles. The van der Waals surface area contributed by atoms with Crippen LogP contribution in [0.25, 0.3) is 0 Å². The SMILES string of the molecule is COc1ccc(N(CC(=O)N2C[C@@H](C)C[C@H](C)C2)S(=O)(=O)c2ccc(Cl)c([N+](=O)[O-])c2)cc1. The number of hydrogen-bond acceptors (Lipinski definition) is 6. The molecular weight excluding hydrogens is 470 g/mol. The molecule has 2 aromatic carbocycles. The smallest absolute Gasteiger partial charge is 0.289 e. The van der Waals surface area contributed by atoms with Crippen molar-refractivity contribution in [1.82, 2.24) is 4.90 Å². The van der Waals surface area contributed by atoms with Crippen molar-refractivity contribution < 1.29 is 22.9 Å². The van der Waals surface area contributed by atoms with Crippen LogP contribution in [0.3, 0.4) is 0 Å². The number of carbonyl (C=O) groups excluding carboxylic acids is 1. The van der Waals surface area contributed by atoms with Gasteiger partial charge in [-0.1, -0.05) is 25.4 Å². The van der Waals surface area contributed by atoms with Crippen LogP contribution in [-0.4, -0.2) is 50.9 Å². The molecule has 0 radical (unpaired) electrons. The van der Waals surface area contributed by atoms with E-state index in [-0.39, 0.29) is 21.5 Å². The zero-order valence-corrected chi connectivity index (χ0v) is 20.2. The van der Waals surface area contributed by atoms with Crippen LogP contribution in [0, 0.1) is 22.0 Å². The number of piperidine rings is 1. The molecule has 2 aromatic rings. The van der Waals surface area contributed by atoms with Gasteiger partial charge >= 0.3 is 0 Å². The van der Waals surface area contributed by atoms with Crippen LogP contribution >= 0.6 is 11.6 Å². The van der Waals surface area contributed by atoms with Gasteiger partial charge in [0.25, 0.3) is 15.7 Å². The van der Waals surface area contributed by atoms with E-state index in [1.807, 2.05) is 0 Å². The quantitative estimate of drug-likeness (QED) is 0.424. The highest BCUT2D eigenvalue weighted by Crippen LogP contribution is 2.31. The van der Waals surface area contributed by atoms with Gasteiger partial charge in [-0.3, -0.25) is 19.2 Å². The highest BCUT2D eigenvalue weighted by Gasteiger charge is 2.33. The van der Waals surface area contributed by atoms with E-state index in [4.69, 9.17) is 16.3 Å². The van der Waals surface area contributed by atoms with Gasteiger partial charge in [0.05, 0.1) is 22.6 Å². The summed E-state index contributed by atoms with van der Waals surface area (Å²) in [6, 6.07) is 9.47. The van der Waals surface area contributed by atoms with Gasteiger partial charge in [0.2, 0.25) is 5.91 Å². The van der Waals surface area contributed by atoms with Gasteiger partial charge in [-0.15, -0.1) is 0 Å². The number of rotatable bonds is 7. The summed E-state index contributed by atoms with van der Waals surface area (Å²) in [6.07, 6.45) is 0.999. The molecule has 1 saturated heterocycles. The van der Waals surface area contributed by atoms with E-state index in [9.17, 15) is 23.3 Å². The molecule has 1 heterocycles. The molecule has 0 aromatic heterocycles. The molecule has 0 bridgehead atoms. The Kier molecular flexibility index (Phi) is 7.48. The van der Waals surface area contributed by atoms with Crippen molar-refractivity contribution in [1.29, 1.82) is 0 Å². The summed E-state index contributed by atoms with van der Waals surface area (Å²) in [5.74, 6) is 0.796. The Hall–Kier alpha value is -2.85. The minimum atomic E-state index is -4.33. The number of halogens is 1. The number of likely N-dealkylation sites (tertiary alicyclic amines) is 1. The molecule has 33 heavy (non-hydrogen) atoms. The van der Waals surface area contributed by atoms with Crippen LogP contribution in [0.5, 0.6) is 5.75 Å². The predicted molar refractivity (Wildman–Crippen MR) is 125 cm³/mol. The highest BCUT2D eigenvalue weighted by molar-refractivity contribution is 7.92. The summed E-state index contributed by atoms with van der Waals surface area (Å²) < 4.78 is 33.3. The van der Waals surface area contributed by atoms with E-state index < -0.39 is 27.2 Å². The summed E-state index contributed by atoms with van der Waals surface area (Å²) in [5, 5.41) is 11.1. The van der Waals surface area contributed by atoms with Crippen molar-refractivity contribution >= 4 is 38.9 Å². The molecular formula is C22H26ClN3O6S. The molecule has 11 heteroatoms. The Bertz CT molecular complexity index is 1130. The Morgan fingerprint density at radius 3 is 2.33 bits per heavy atom. The molecule has 1 aliphatic rings. The van der Waals surface area contributed by atoms with Crippen LogP contribution in [0.1, 0.15) is 20.3 Å². The number of nitrogens with zero attached hydrogens (tertiary/aromatic N) is 3. The first-order valence-electron chi connectivity index (χ1n) is 10.4. The third-order valence-electron chi connectivity index (χ3n) is 5.56. The van der Waals surface area contributed by atoms with Crippen LogP contribution < -0.4 is 9.04 Å². The number of methoxy groups -OCH3 is 1. The first kappa shape index (κ1) is 24.8. The number of amides is 1. The second-order valence-corrected chi connectivity index (χ2v) is 10.6. The Labute approximate surface area is 198 Å². The monoisotopic (exact) mass is 495 g/mol. The second kappa shape index (κ2) is 9.96. The first-order chi connectivity index (χ1) is 15.5. The fourth-order valence-electron chi connectivity index (χ4n) is 4.07. The van der Waals surface area contributed by atoms with Gasteiger partial charge in [0.1, 0.15) is 17.3 Å². The van der Waals surface area contributed by atoms with Crippen molar-refractivity contribution in [2.45, 2.75) is 25.2 Å². The normalized spacial score (nSPS) is 18.6. The number of nitro benzene ring substituents is 1. The lowest BCUT2D eigenvalue weighted by molar-refractivity contribution is -0.384. The molecule has 1 amide bonds. The largest absolute Gasteiger partial charge is 0.497 e. The summed E-state index contributed by atoms with van der Waals surface area (Å²) in [6.45, 7) is 4.77. The topological polar surface area (TPSA) is 110 Å². The summed E-state index contributed by atoms with van der Waals surface area (Å²) in [7, 11) is -2.84. The molecule has 0 aliphatic carbocycles. The van der Waals surface area contributed by atoms with Crippen molar-refractivity contribution in [3.8, 4) is 5.75 Å². The highest BCUT2D eigenvalue weighted by atomic mass is 35.5. The number of anilines is 1. The lowest BCUT2D eigenvalue weighted by Crippen LogP contribution is -2.48. The van der Waals surface area contributed by atoms with Gasteiger partial charge in [0, 0.05) is 19.2 Å². The third-order valence-corrected chi connectivity index (χ3v) is 7.65. The number of hydrogen-bond donors (Lipinski definition) is 0. The molecule has 0 saturated carbocycles. The maximum absolute atomic E-state index is 13.6. The van der Waals surface area contributed by atoms with E-state index in [0.717, 1.165) is 22.9 Å². The predicted octanol–water partition coefficient (Wildman–Crippen LogP) is 3.96. The first-order valence-corrected chi connectivity index (χ1v) is 12.2. The zero-order valence-electron chi connectivity index (χ0n) is 18.6. The number of benzene rings is 2. The van der Waals surface area contributed by atoms with E-state index >= 15 is 0 Å². The van der Waals surface area contributed by atoms with Crippen LogP contribution in [0.15, 0.2) is 47.4 Å². The number of carbonyl (C=O) groups is 1. The van der Waals surface area contributed by atoms with Crippen molar-refractivity contribution in [3.63, 3.8) is 0 Å². The van der Waals surface area contributed by atoms with Crippen LogP contribution in [-0.2, 0) is 14.8 Å². The van der Waals surface area contributed by atoms with E-state index in [2.05, 4.69) is 13.8 Å². The lowest BCUT2D eigenvalue weighted by Gasteiger charge is -2.36. The van der Waals surface area contributed by atoms with Gasteiger partial charge in [-0.25, -0.2) is 8.42 Å². The van der Waals surface area contributed by atoms with Crippen LogP contribution in [0.2, 0.25) is 5.02 Å². The molecule has 3 rings (SSSR count). The van der Waals surface area contributed by atoms with Crippen LogP contribution in [0.4, 0.5) is 11.4 Å². The number of sulfonamides is 1. The average Bonchev–Trinajstić information content (AvgIpc) is 2.76. The van der Waals surface area contributed by atoms with Gasteiger partial charge < -0.3 is 9.64 Å². The molecule has 0 spiro atoms. The summed E-state index contributed by atoms with van der Waals surface area (Å²) in [4.78, 5) is 25.1. The average molecular weight is 496 g/mol. The van der Waals surface area contributed by atoms with Crippen molar-refractivity contribution in [2.24, 2.45) is 11.8 Å². The minimum Gasteiger partial charge on any atom is -0.497 e. The fraction of sp³-hybridized carbons (Fsp3) is 0.409. The molecule has 9 nitrogen and oxygen atoms in total.